The summed E-state index contributed by atoms with van der Waals surface area (Å²) in [7, 11) is 0. The lowest BCUT2D eigenvalue weighted by molar-refractivity contribution is -0.137. The molecule has 1 saturated heterocycles. The molecule has 0 aliphatic carbocycles. The van der Waals surface area contributed by atoms with E-state index in [-0.39, 0.29) is 23.4 Å². The molecular formula is C23H27BrCl2N2O. The summed E-state index contributed by atoms with van der Waals surface area (Å²) < 4.78 is 0. The molecule has 0 N–H and O–H groups in total. The first-order valence-corrected chi connectivity index (χ1v) is 11.7. The van der Waals surface area contributed by atoms with Crippen molar-refractivity contribution in [1.29, 1.82) is 0 Å². The third-order valence-corrected chi connectivity index (χ3v) is 6.57. The SMILES string of the molecule is CC(C)(C)C1CN(C(c2ccc(Cl)cc2)c2ccc(Cl)cc2)CCN1C(=O)CBr. The van der Waals surface area contributed by atoms with Crippen LogP contribution in [0, 0.1) is 5.41 Å². The predicted octanol–water partition coefficient (Wildman–Crippen LogP) is 6.04. The van der Waals surface area contributed by atoms with Crippen molar-refractivity contribution in [2.75, 3.05) is 25.0 Å². The van der Waals surface area contributed by atoms with Gasteiger partial charge in [0.25, 0.3) is 0 Å². The summed E-state index contributed by atoms with van der Waals surface area (Å²) >= 11 is 15.6. The van der Waals surface area contributed by atoms with Gasteiger partial charge in [-0.2, -0.15) is 0 Å². The van der Waals surface area contributed by atoms with E-state index in [0.717, 1.165) is 23.1 Å². The molecule has 6 heteroatoms. The van der Waals surface area contributed by atoms with E-state index in [4.69, 9.17) is 23.2 Å². The number of hydrogen-bond acceptors (Lipinski definition) is 2. The number of alkyl halides is 1. The van der Waals surface area contributed by atoms with Crippen LogP contribution in [0.15, 0.2) is 48.5 Å². The van der Waals surface area contributed by atoms with Crippen molar-refractivity contribution in [1.82, 2.24) is 9.80 Å². The number of benzene rings is 2. The monoisotopic (exact) mass is 496 g/mol. The van der Waals surface area contributed by atoms with Crippen LogP contribution in [0.2, 0.25) is 10.0 Å². The highest BCUT2D eigenvalue weighted by atomic mass is 79.9. The molecule has 1 aliphatic heterocycles. The van der Waals surface area contributed by atoms with Crippen LogP contribution in [0.1, 0.15) is 37.9 Å². The molecule has 3 nitrogen and oxygen atoms in total. The molecule has 0 spiro atoms. The summed E-state index contributed by atoms with van der Waals surface area (Å²) in [4.78, 5) is 17.1. The smallest absolute Gasteiger partial charge is 0.233 e. The second kappa shape index (κ2) is 9.38. The maximum Gasteiger partial charge on any atom is 0.233 e. The summed E-state index contributed by atoms with van der Waals surface area (Å²) in [6.07, 6.45) is 0. The van der Waals surface area contributed by atoms with Crippen LogP contribution in [-0.2, 0) is 4.79 Å². The molecule has 0 radical (unpaired) electrons. The van der Waals surface area contributed by atoms with Crippen molar-refractivity contribution in [2.45, 2.75) is 32.9 Å². The summed E-state index contributed by atoms with van der Waals surface area (Å²) in [5.74, 6) is 0.152. The molecule has 0 bridgehead atoms. The molecule has 1 atom stereocenters. The lowest BCUT2D eigenvalue weighted by atomic mass is 9.83. The maximum atomic E-state index is 12.5. The van der Waals surface area contributed by atoms with Gasteiger partial charge in [0.05, 0.1) is 11.4 Å². The predicted molar refractivity (Wildman–Crippen MR) is 125 cm³/mol. The first kappa shape index (κ1) is 22.6. The van der Waals surface area contributed by atoms with E-state index >= 15 is 0 Å². The second-order valence-corrected chi connectivity index (χ2v) is 10.0. The molecule has 1 aliphatic rings. The Bertz CT molecular complexity index is 788. The number of rotatable bonds is 4. The summed E-state index contributed by atoms with van der Waals surface area (Å²) in [5, 5.41) is 1.81. The fourth-order valence-electron chi connectivity index (χ4n) is 4.06. The largest absolute Gasteiger partial charge is 0.336 e. The quantitative estimate of drug-likeness (QED) is 0.481. The number of piperazine rings is 1. The first-order valence-electron chi connectivity index (χ1n) is 9.81. The lowest BCUT2D eigenvalue weighted by Gasteiger charge is -2.49. The Balaban J connectivity index is 1.98. The number of nitrogens with zero attached hydrogens (tertiary/aromatic N) is 2. The van der Waals surface area contributed by atoms with E-state index in [2.05, 4.69) is 65.9 Å². The van der Waals surface area contributed by atoms with E-state index in [1.807, 2.05) is 29.2 Å². The minimum absolute atomic E-state index is 0.0267. The number of halogens is 3. The van der Waals surface area contributed by atoms with Crippen LogP contribution >= 0.6 is 39.1 Å². The van der Waals surface area contributed by atoms with Gasteiger partial charge in [-0.1, -0.05) is 84.2 Å². The van der Waals surface area contributed by atoms with Crippen LogP contribution in [0.5, 0.6) is 0 Å². The van der Waals surface area contributed by atoms with Gasteiger partial charge in [0.2, 0.25) is 5.91 Å². The molecule has 29 heavy (non-hydrogen) atoms. The van der Waals surface area contributed by atoms with E-state index in [9.17, 15) is 4.79 Å². The molecule has 0 saturated carbocycles. The van der Waals surface area contributed by atoms with Crippen LogP contribution in [0.3, 0.4) is 0 Å². The third kappa shape index (κ3) is 5.35. The summed E-state index contributed by atoms with van der Waals surface area (Å²) in [6.45, 7) is 8.93. The van der Waals surface area contributed by atoms with Gasteiger partial charge in [0.15, 0.2) is 0 Å². The Morgan fingerprint density at radius 2 is 1.48 bits per heavy atom. The molecule has 2 aromatic rings. The van der Waals surface area contributed by atoms with Crippen molar-refractivity contribution >= 4 is 45.0 Å². The number of carbonyl (C=O) groups is 1. The topological polar surface area (TPSA) is 23.6 Å². The maximum absolute atomic E-state index is 12.5. The minimum Gasteiger partial charge on any atom is -0.336 e. The molecule has 0 aromatic heterocycles. The Labute approximate surface area is 192 Å². The van der Waals surface area contributed by atoms with Crippen LogP contribution < -0.4 is 0 Å². The van der Waals surface area contributed by atoms with Crippen molar-refractivity contribution in [3.63, 3.8) is 0 Å². The standard InChI is InChI=1S/C23H27BrCl2N2O/c1-23(2,3)20-15-27(12-13-28(20)21(29)14-24)22(16-4-8-18(25)9-5-16)17-6-10-19(26)11-7-17/h4-11,20,22H,12-15H2,1-3H3. The van der Waals surface area contributed by atoms with E-state index < -0.39 is 0 Å². The van der Waals surface area contributed by atoms with Gasteiger partial charge >= 0.3 is 0 Å². The second-order valence-electron chi connectivity index (χ2n) is 8.60. The average molecular weight is 498 g/mol. The molecule has 3 rings (SSSR count). The fraction of sp³-hybridized carbons (Fsp3) is 0.435. The Morgan fingerprint density at radius 1 is 1.00 bits per heavy atom. The Hall–Kier alpha value is -1.07. The molecule has 2 aromatic carbocycles. The molecule has 1 heterocycles. The normalized spacial score (nSPS) is 18.3. The highest BCUT2D eigenvalue weighted by Gasteiger charge is 2.39. The molecular weight excluding hydrogens is 471 g/mol. The average Bonchev–Trinajstić information content (AvgIpc) is 2.69. The van der Waals surface area contributed by atoms with Crippen molar-refractivity contribution < 1.29 is 4.79 Å². The zero-order valence-electron chi connectivity index (χ0n) is 17.0. The third-order valence-electron chi connectivity index (χ3n) is 5.58. The highest BCUT2D eigenvalue weighted by molar-refractivity contribution is 9.09. The fourth-order valence-corrected chi connectivity index (χ4v) is 4.63. The zero-order chi connectivity index (χ0) is 21.2. The van der Waals surface area contributed by atoms with E-state index in [1.165, 1.54) is 11.1 Å². The molecule has 156 valence electrons. The number of carbonyl (C=O) groups excluding carboxylic acids is 1. The minimum atomic E-state index is -0.0267. The van der Waals surface area contributed by atoms with Gasteiger partial charge in [0, 0.05) is 35.7 Å². The lowest BCUT2D eigenvalue weighted by Crippen LogP contribution is -2.60. The number of hydrogen-bond donors (Lipinski definition) is 0. The van der Waals surface area contributed by atoms with E-state index in [0.29, 0.717) is 11.9 Å². The first-order chi connectivity index (χ1) is 13.7. The van der Waals surface area contributed by atoms with Crippen molar-refractivity contribution in [3.8, 4) is 0 Å². The van der Waals surface area contributed by atoms with Gasteiger partial charge in [0.1, 0.15) is 0 Å². The zero-order valence-corrected chi connectivity index (χ0v) is 20.1. The van der Waals surface area contributed by atoms with Crippen LogP contribution in [-0.4, -0.2) is 46.7 Å². The molecule has 1 amide bonds. The Kier molecular flexibility index (Phi) is 7.32. The van der Waals surface area contributed by atoms with Gasteiger partial charge < -0.3 is 4.90 Å². The van der Waals surface area contributed by atoms with Gasteiger partial charge in [-0.25, -0.2) is 0 Å². The van der Waals surface area contributed by atoms with E-state index in [1.54, 1.807) is 0 Å². The highest BCUT2D eigenvalue weighted by Crippen LogP contribution is 2.35. The summed E-state index contributed by atoms with van der Waals surface area (Å²) in [6, 6.07) is 16.3. The summed E-state index contributed by atoms with van der Waals surface area (Å²) in [5.41, 5.74) is 2.34. The van der Waals surface area contributed by atoms with Gasteiger partial charge in [-0.15, -0.1) is 0 Å². The molecule has 1 fully saturated rings. The van der Waals surface area contributed by atoms with Crippen LogP contribution in [0.25, 0.3) is 0 Å². The Morgan fingerprint density at radius 3 is 1.90 bits per heavy atom. The molecule has 1 unspecified atom stereocenters. The van der Waals surface area contributed by atoms with Crippen molar-refractivity contribution in [2.24, 2.45) is 5.41 Å². The number of amides is 1. The van der Waals surface area contributed by atoms with Crippen molar-refractivity contribution in [3.05, 3.63) is 69.7 Å². The van der Waals surface area contributed by atoms with Gasteiger partial charge in [-0.05, 0) is 40.8 Å². The van der Waals surface area contributed by atoms with Crippen LogP contribution in [0.4, 0.5) is 0 Å². The van der Waals surface area contributed by atoms with Gasteiger partial charge in [-0.3, -0.25) is 9.69 Å².